The van der Waals surface area contributed by atoms with E-state index in [4.69, 9.17) is 0 Å². The highest BCUT2D eigenvalue weighted by Crippen LogP contribution is 2.22. The third kappa shape index (κ3) is 3.08. The molecule has 0 saturated carbocycles. The maximum Gasteiger partial charge on any atom is 0.0532 e. The van der Waals surface area contributed by atoms with Gasteiger partial charge in [-0.25, -0.2) is 0 Å². The molecule has 0 amide bonds. The van der Waals surface area contributed by atoms with Crippen LogP contribution in [0.1, 0.15) is 31.9 Å². The van der Waals surface area contributed by atoms with E-state index in [1.165, 1.54) is 17.5 Å². The van der Waals surface area contributed by atoms with Crippen LogP contribution >= 0.6 is 0 Å². The van der Waals surface area contributed by atoms with Crippen molar-refractivity contribution in [2.75, 3.05) is 19.6 Å². The Kier molecular flexibility index (Phi) is 3.85. The molecule has 1 fully saturated rings. The topological polar surface area (TPSA) is 24.1 Å². The zero-order chi connectivity index (χ0) is 12.3. The van der Waals surface area contributed by atoms with E-state index in [-0.39, 0.29) is 5.54 Å². The van der Waals surface area contributed by atoms with Gasteiger partial charge in [0.15, 0.2) is 0 Å². The van der Waals surface area contributed by atoms with Crippen molar-refractivity contribution >= 4 is 0 Å². The third-order valence-corrected chi connectivity index (χ3v) is 3.53. The molecule has 2 nitrogen and oxygen atoms in total. The molecule has 1 aromatic rings. The van der Waals surface area contributed by atoms with Gasteiger partial charge in [-0.05, 0) is 30.4 Å². The molecule has 1 heterocycles. The molecule has 2 N–H and O–H groups in total. The fourth-order valence-electron chi connectivity index (χ4n) is 2.51. The normalized spacial score (nSPS) is 25.2. The van der Waals surface area contributed by atoms with Gasteiger partial charge in [-0.15, -0.1) is 0 Å². The molecular weight excluding hydrogens is 208 g/mol. The number of benzene rings is 1. The van der Waals surface area contributed by atoms with Crippen molar-refractivity contribution in [2.24, 2.45) is 5.92 Å². The van der Waals surface area contributed by atoms with Crippen LogP contribution in [0.3, 0.4) is 0 Å². The van der Waals surface area contributed by atoms with E-state index in [1.807, 2.05) is 0 Å². The summed E-state index contributed by atoms with van der Waals surface area (Å²) in [6, 6.07) is 9.10. The summed E-state index contributed by atoms with van der Waals surface area (Å²) >= 11 is 0. The summed E-state index contributed by atoms with van der Waals surface area (Å²) in [7, 11) is 0. The van der Waals surface area contributed by atoms with Gasteiger partial charge in [0.1, 0.15) is 0 Å². The Morgan fingerprint density at radius 1 is 1.18 bits per heavy atom. The van der Waals surface area contributed by atoms with Gasteiger partial charge < -0.3 is 10.6 Å². The molecule has 0 aliphatic carbocycles. The van der Waals surface area contributed by atoms with Crippen LogP contribution in [0.15, 0.2) is 24.3 Å². The third-order valence-electron chi connectivity index (χ3n) is 3.53. The molecule has 1 unspecified atom stereocenters. The lowest BCUT2D eigenvalue weighted by Gasteiger charge is -2.36. The van der Waals surface area contributed by atoms with Gasteiger partial charge >= 0.3 is 0 Å². The molecule has 2 heteroatoms. The molecule has 0 spiro atoms. The summed E-state index contributed by atoms with van der Waals surface area (Å²) in [5.74, 6) is 0.728. The van der Waals surface area contributed by atoms with Crippen LogP contribution in [0.2, 0.25) is 0 Å². The van der Waals surface area contributed by atoms with Gasteiger partial charge in [0, 0.05) is 19.6 Å². The Bertz CT molecular complexity index is 348. The summed E-state index contributed by atoms with van der Waals surface area (Å²) in [5.41, 5.74) is 2.92. The van der Waals surface area contributed by atoms with E-state index in [0.717, 1.165) is 25.6 Å². The fraction of sp³-hybridized carbons (Fsp3) is 0.600. The largest absolute Gasteiger partial charge is 0.313 e. The molecule has 0 bridgehead atoms. The highest BCUT2D eigenvalue weighted by Gasteiger charge is 2.27. The van der Waals surface area contributed by atoms with Gasteiger partial charge in [0.2, 0.25) is 0 Å². The molecule has 1 atom stereocenters. The molecule has 17 heavy (non-hydrogen) atoms. The Morgan fingerprint density at radius 3 is 2.41 bits per heavy atom. The zero-order valence-corrected chi connectivity index (χ0v) is 11.2. The second kappa shape index (κ2) is 5.19. The van der Waals surface area contributed by atoms with Crippen molar-refractivity contribution in [1.29, 1.82) is 0 Å². The Hall–Kier alpha value is -0.860. The summed E-state index contributed by atoms with van der Waals surface area (Å²) in [4.78, 5) is 0. The molecule has 0 radical (unpaired) electrons. The number of piperazine rings is 1. The van der Waals surface area contributed by atoms with Crippen LogP contribution < -0.4 is 10.6 Å². The van der Waals surface area contributed by atoms with Crippen molar-refractivity contribution in [3.8, 4) is 0 Å². The first-order valence-electron chi connectivity index (χ1n) is 6.65. The highest BCUT2D eigenvalue weighted by atomic mass is 15.1. The first-order valence-corrected chi connectivity index (χ1v) is 6.65. The molecule has 1 aromatic carbocycles. The predicted octanol–water partition coefficient (Wildman–Crippen LogP) is 2.29. The maximum atomic E-state index is 3.61. The van der Waals surface area contributed by atoms with E-state index in [9.17, 15) is 0 Å². The summed E-state index contributed by atoms with van der Waals surface area (Å²) in [5, 5.41) is 7.07. The Morgan fingerprint density at radius 2 is 1.88 bits per heavy atom. The molecule has 94 valence electrons. The van der Waals surface area contributed by atoms with Crippen molar-refractivity contribution < 1.29 is 0 Å². The second-order valence-corrected chi connectivity index (χ2v) is 5.73. The lowest BCUT2D eigenvalue weighted by Crippen LogP contribution is -2.54. The number of hydrogen-bond donors (Lipinski definition) is 2. The lowest BCUT2D eigenvalue weighted by atomic mass is 9.89. The van der Waals surface area contributed by atoms with E-state index in [1.54, 1.807) is 0 Å². The zero-order valence-electron chi connectivity index (χ0n) is 11.2. The number of rotatable bonds is 3. The fourth-order valence-corrected chi connectivity index (χ4v) is 2.51. The van der Waals surface area contributed by atoms with Crippen molar-refractivity contribution in [3.63, 3.8) is 0 Å². The van der Waals surface area contributed by atoms with Gasteiger partial charge in [0.05, 0.1) is 5.54 Å². The molecule has 2 rings (SSSR count). The van der Waals surface area contributed by atoms with Crippen LogP contribution in [0.25, 0.3) is 0 Å². The van der Waals surface area contributed by atoms with E-state index >= 15 is 0 Å². The van der Waals surface area contributed by atoms with Crippen molar-refractivity contribution in [2.45, 2.75) is 32.7 Å². The SMILES string of the molecule is CC(C)Cc1ccc(C2(C)CNCCN2)cc1. The van der Waals surface area contributed by atoms with E-state index in [0.29, 0.717) is 0 Å². The number of nitrogens with one attached hydrogen (secondary N) is 2. The van der Waals surface area contributed by atoms with Gasteiger partial charge in [0.25, 0.3) is 0 Å². The maximum absolute atomic E-state index is 3.61. The molecule has 1 saturated heterocycles. The minimum absolute atomic E-state index is 0.0919. The first-order chi connectivity index (χ1) is 8.10. The summed E-state index contributed by atoms with van der Waals surface area (Å²) in [6.07, 6.45) is 1.17. The molecule has 1 aliphatic rings. The first kappa shape index (κ1) is 12.6. The van der Waals surface area contributed by atoms with Crippen molar-refractivity contribution in [1.82, 2.24) is 10.6 Å². The van der Waals surface area contributed by atoms with Crippen LogP contribution in [-0.4, -0.2) is 19.6 Å². The van der Waals surface area contributed by atoms with Crippen LogP contribution in [0.4, 0.5) is 0 Å². The van der Waals surface area contributed by atoms with Crippen LogP contribution in [0.5, 0.6) is 0 Å². The number of hydrogen-bond acceptors (Lipinski definition) is 2. The minimum Gasteiger partial charge on any atom is -0.313 e. The summed E-state index contributed by atoms with van der Waals surface area (Å²) in [6.45, 7) is 9.93. The van der Waals surface area contributed by atoms with E-state index < -0.39 is 0 Å². The lowest BCUT2D eigenvalue weighted by molar-refractivity contribution is 0.303. The van der Waals surface area contributed by atoms with Gasteiger partial charge in [-0.2, -0.15) is 0 Å². The molecular formula is C15H24N2. The minimum atomic E-state index is 0.0919. The summed E-state index contributed by atoms with van der Waals surface area (Å²) < 4.78 is 0. The standard InChI is InChI=1S/C15H24N2/c1-12(2)10-13-4-6-14(7-5-13)15(3)11-16-8-9-17-15/h4-7,12,16-17H,8-11H2,1-3H3. The van der Waals surface area contributed by atoms with Gasteiger partial charge in [-0.3, -0.25) is 0 Å². The molecule has 1 aliphatic heterocycles. The molecule has 0 aromatic heterocycles. The smallest absolute Gasteiger partial charge is 0.0532 e. The van der Waals surface area contributed by atoms with E-state index in [2.05, 4.69) is 55.7 Å². The van der Waals surface area contributed by atoms with Crippen LogP contribution in [-0.2, 0) is 12.0 Å². The average Bonchev–Trinajstić information content (AvgIpc) is 2.30. The predicted molar refractivity (Wildman–Crippen MR) is 73.2 cm³/mol. The van der Waals surface area contributed by atoms with Crippen LogP contribution in [0, 0.1) is 5.92 Å². The average molecular weight is 232 g/mol. The highest BCUT2D eigenvalue weighted by molar-refractivity contribution is 5.29. The van der Waals surface area contributed by atoms with Gasteiger partial charge in [-0.1, -0.05) is 38.1 Å². The Balaban J connectivity index is 2.11. The monoisotopic (exact) mass is 232 g/mol. The second-order valence-electron chi connectivity index (χ2n) is 5.73. The quantitative estimate of drug-likeness (QED) is 0.835. The van der Waals surface area contributed by atoms with Crippen molar-refractivity contribution in [3.05, 3.63) is 35.4 Å². The Labute approximate surface area is 105 Å².